The van der Waals surface area contributed by atoms with E-state index in [9.17, 15) is 9.18 Å². The molecule has 0 saturated carbocycles. The highest BCUT2D eigenvalue weighted by Crippen LogP contribution is 2.10. The molecule has 0 spiro atoms. The molecule has 0 aliphatic heterocycles. The third kappa shape index (κ3) is 3.64. The lowest BCUT2D eigenvalue weighted by molar-refractivity contribution is 0.0940. The number of amides is 1. The Bertz CT molecular complexity index is 691. The van der Waals surface area contributed by atoms with Crippen molar-refractivity contribution in [2.45, 2.75) is 13.2 Å². The van der Waals surface area contributed by atoms with E-state index in [1.807, 2.05) is 6.07 Å². The fraction of sp³-hybridized carbons (Fsp3) is 0.214. The van der Waals surface area contributed by atoms with Crippen molar-refractivity contribution < 1.29 is 18.4 Å². The third-order valence-corrected chi connectivity index (χ3v) is 2.70. The molecule has 0 bridgehead atoms. The second-order valence-corrected chi connectivity index (χ2v) is 4.21. The summed E-state index contributed by atoms with van der Waals surface area (Å²) in [6.07, 6.45) is 0. The molecular formula is C14H12FN3O3. The van der Waals surface area contributed by atoms with Gasteiger partial charge in [0.1, 0.15) is 12.4 Å². The van der Waals surface area contributed by atoms with Gasteiger partial charge in [0.25, 0.3) is 5.91 Å². The number of nitriles is 1. The minimum atomic E-state index is -0.547. The van der Waals surface area contributed by atoms with Crippen molar-refractivity contribution in [2.75, 3.05) is 7.11 Å². The van der Waals surface area contributed by atoms with E-state index < -0.39 is 11.7 Å². The van der Waals surface area contributed by atoms with Crippen molar-refractivity contribution >= 4 is 5.91 Å². The van der Waals surface area contributed by atoms with Crippen molar-refractivity contribution in [3.63, 3.8) is 0 Å². The topological polar surface area (TPSA) is 88.1 Å². The van der Waals surface area contributed by atoms with E-state index in [-0.39, 0.29) is 30.0 Å². The molecule has 1 heterocycles. The zero-order valence-electron chi connectivity index (χ0n) is 11.2. The number of aromatic nitrogens is 1. The maximum Gasteiger partial charge on any atom is 0.273 e. The maximum absolute atomic E-state index is 13.6. The summed E-state index contributed by atoms with van der Waals surface area (Å²) in [5.41, 5.74) is 0.599. The van der Waals surface area contributed by atoms with Gasteiger partial charge in [-0.25, -0.2) is 4.39 Å². The number of benzene rings is 1. The van der Waals surface area contributed by atoms with Gasteiger partial charge in [-0.15, -0.1) is 0 Å². The monoisotopic (exact) mass is 289 g/mol. The van der Waals surface area contributed by atoms with Crippen LogP contribution in [0.4, 0.5) is 4.39 Å². The Morgan fingerprint density at radius 1 is 1.52 bits per heavy atom. The van der Waals surface area contributed by atoms with Gasteiger partial charge in [-0.2, -0.15) is 5.26 Å². The third-order valence-electron chi connectivity index (χ3n) is 2.70. The number of carbonyl (C=O) groups is 1. The Morgan fingerprint density at radius 3 is 3.00 bits per heavy atom. The molecular weight excluding hydrogens is 277 g/mol. The van der Waals surface area contributed by atoms with Gasteiger partial charge < -0.3 is 14.6 Å². The molecule has 0 fully saturated rings. The van der Waals surface area contributed by atoms with Crippen LogP contribution in [0.15, 0.2) is 28.8 Å². The van der Waals surface area contributed by atoms with Crippen LogP contribution in [0, 0.1) is 17.1 Å². The summed E-state index contributed by atoms with van der Waals surface area (Å²) in [6.45, 7) is 0.202. The minimum Gasteiger partial charge on any atom is -0.377 e. The van der Waals surface area contributed by atoms with Crippen LogP contribution >= 0.6 is 0 Å². The highest BCUT2D eigenvalue weighted by molar-refractivity contribution is 5.92. The highest BCUT2D eigenvalue weighted by Gasteiger charge is 2.13. The van der Waals surface area contributed by atoms with Crippen LogP contribution in [0.3, 0.4) is 0 Å². The lowest BCUT2D eigenvalue weighted by Gasteiger charge is -2.04. The molecule has 1 N–H and O–H groups in total. The molecule has 108 valence electrons. The molecule has 21 heavy (non-hydrogen) atoms. The largest absolute Gasteiger partial charge is 0.377 e. The summed E-state index contributed by atoms with van der Waals surface area (Å²) in [5.74, 6) is -0.605. The van der Waals surface area contributed by atoms with Crippen LogP contribution in [-0.2, 0) is 17.9 Å². The normalized spacial score (nSPS) is 10.1. The average molecular weight is 289 g/mol. The Labute approximate surface area is 120 Å². The average Bonchev–Trinajstić information content (AvgIpc) is 2.94. The van der Waals surface area contributed by atoms with Crippen LogP contribution in [0.2, 0.25) is 0 Å². The second kappa shape index (κ2) is 6.63. The Morgan fingerprint density at radius 2 is 2.33 bits per heavy atom. The summed E-state index contributed by atoms with van der Waals surface area (Å²) in [5, 5.41) is 14.8. The lowest BCUT2D eigenvalue weighted by Crippen LogP contribution is -2.23. The fourth-order valence-corrected chi connectivity index (χ4v) is 1.66. The molecule has 0 aliphatic rings. The first kappa shape index (κ1) is 14.7. The van der Waals surface area contributed by atoms with Crippen LogP contribution in [-0.4, -0.2) is 18.2 Å². The van der Waals surface area contributed by atoms with Crippen molar-refractivity contribution in [2.24, 2.45) is 0 Å². The Kier molecular flexibility index (Phi) is 4.64. The molecule has 7 heteroatoms. The van der Waals surface area contributed by atoms with Crippen molar-refractivity contribution in [1.29, 1.82) is 5.26 Å². The number of carbonyl (C=O) groups excluding carboxylic acids is 1. The predicted molar refractivity (Wildman–Crippen MR) is 69.5 cm³/mol. The molecule has 0 aliphatic carbocycles. The van der Waals surface area contributed by atoms with Gasteiger partial charge >= 0.3 is 0 Å². The summed E-state index contributed by atoms with van der Waals surface area (Å²) < 4.78 is 23.4. The number of hydrogen-bond donors (Lipinski definition) is 1. The lowest BCUT2D eigenvalue weighted by atomic mass is 10.1. The van der Waals surface area contributed by atoms with E-state index in [0.717, 1.165) is 6.07 Å². The SMILES string of the molecule is COCc1cc(C(=O)NCc2ccc(C#N)cc2F)no1. The molecule has 1 aromatic heterocycles. The smallest absolute Gasteiger partial charge is 0.273 e. The number of nitrogens with zero attached hydrogens (tertiary/aromatic N) is 2. The van der Waals surface area contributed by atoms with Crippen LogP contribution in [0.1, 0.15) is 27.4 Å². The zero-order valence-corrected chi connectivity index (χ0v) is 11.2. The summed E-state index contributed by atoms with van der Waals surface area (Å²) in [4.78, 5) is 11.8. The summed E-state index contributed by atoms with van der Waals surface area (Å²) in [6, 6.07) is 7.35. The van der Waals surface area contributed by atoms with E-state index in [4.69, 9.17) is 14.5 Å². The van der Waals surface area contributed by atoms with Crippen molar-refractivity contribution in [3.05, 3.63) is 52.7 Å². The van der Waals surface area contributed by atoms with Gasteiger partial charge in [-0.3, -0.25) is 4.79 Å². The minimum absolute atomic E-state index is 0.0111. The molecule has 0 atom stereocenters. The van der Waals surface area contributed by atoms with E-state index >= 15 is 0 Å². The first-order valence-electron chi connectivity index (χ1n) is 6.05. The quantitative estimate of drug-likeness (QED) is 0.906. The van der Waals surface area contributed by atoms with Crippen molar-refractivity contribution in [3.8, 4) is 6.07 Å². The Balaban J connectivity index is 1.99. The number of ether oxygens (including phenoxy) is 1. The van der Waals surface area contributed by atoms with Crippen molar-refractivity contribution in [1.82, 2.24) is 10.5 Å². The van der Waals surface area contributed by atoms with Crippen LogP contribution in [0.5, 0.6) is 0 Å². The maximum atomic E-state index is 13.6. The highest BCUT2D eigenvalue weighted by atomic mass is 19.1. The standard InChI is InChI=1S/C14H12FN3O3/c1-20-8-11-5-13(18-21-11)14(19)17-7-10-3-2-9(6-16)4-12(10)15/h2-5H,7-8H2,1H3,(H,17,19). The number of methoxy groups -OCH3 is 1. The molecule has 0 unspecified atom stereocenters. The van der Waals surface area contributed by atoms with Gasteiger partial charge in [0.15, 0.2) is 11.5 Å². The van der Waals surface area contributed by atoms with E-state index in [1.54, 1.807) is 0 Å². The fourth-order valence-electron chi connectivity index (χ4n) is 1.66. The summed E-state index contributed by atoms with van der Waals surface area (Å²) in [7, 11) is 1.50. The van der Waals surface area contributed by atoms with Crippen LogP contribution < -0.4 is 5.32 Å². The van der Waals surface area contributed by atoms with E-state index in [2.05, 4.69) is 10.5 Å². The van der Waals surface area contributed by atoms with Gasteiger partial charge in [0.05, 0.1) is 11.6 Å². The number of nitrogens with one attached hydrogen (secondary N) is 1. The number of halogens is 1. The van der Waals surface area contributed by atoms with Gasteiger partial charge in [-0.1, -0.05) is 11.2 Å². The molecule has 0 saturated heterocycles. The number of rotatable bonds is 5. The van der Waals surface area contributed by atoms with Crippen LogP contribution in [0.25, 0.3) is 0 Å². The van der Waals surface area contributed by atoms with Gasteiger partial charge in [-0.05, 0) is 12.1 Å². The van der Waals surface area contributed by atoms with E-state index in [0.29, 0.717) is 5.76 Å². The Hall–Kier alpha value is -2.72. The van der Waals surface area contributed by atoms with E-state index in [1.165, 1.54) is 25.3 Å². The molecule has 2 rings (SSSR count). The molecule has 1 amide bonds. The van der Waals surface area contributed by atoms with Gasteiger partial charge in [0, 0.05) is 25.3 Å². The first-order chi connectivity index (χ1) is 10.1. The molecule has 2 aromatic rings. The summed E-state index contributed by atoms with van der Waals surface area (Å²) >= 11 is 0. The number of hydrogen-bond acceptors (Lipinski definition) is 5. The predicted octanol–water partition coefficient (Wildman–Crippen LogP) is 1.76. The second-order valence-electron chi connectivity index (χ2n) is 4.21. The van der Waals surface area contributed by atoms with Gasteiger partial charge in [0.2, 0.25) is 0 Å². The molecule has 0 radical (unpaired) electrons. The molecule has 1 aromatic carbocycles. The molecule has 6 nitrogen and oxygen atoms in total. The first-order valence-corrected chi connectivity index (χ1v) is 6.05. The zero-order chi connectivity index (χ0) is 15.2.